The Morgan fingerprint density at radius 1 is 1.25 bits per heavy atom. The molecule has 96 valence electrons. The van der Waals surface area contributed by atoms with Gasteiger partial charge in [0.05, 0.1) is 13.0 Å². The Balaban J connectivity index is 3.19. The van der Waals surface area contributed by atoms with E-state index in [1.165, 1.54) is 0 Å². The van der Waals surface area contributed by atoms with E-state index in [0.717, 1.165) is 0 Å². The molecule has 6 heteroatoms. The van der Waals surface area contributed by atoms with Gasteiger partial charge in [0, 0.05) is 13.0 Å². The number of nitrogens with one attached hydrogen (secondary N) is 1. The zero-order chi connectivity index (χ0) is 12.4. The van der Waals surface area contributed by atoms with E-state index in [4.69, 9.17) is 0 Å². The van der Waals surface area contributed by atoms with Crippen molar-refractivity contribution in [2.75, 3.05) is 19.7 Å². The van der Waals surface area contributed by atoms with Crippen molar-refractivity contribution in [2.24, 2.45) is 0 Å². The molecule has 0 amide bonds. The van der Waals surface area contributed by atoms with Gasteiger partial charge in [0.2, 0.25) is 0 Å². The summed E-state index contributed by atoms with van der Waals surface area (Å²) in [5.41, 5.74) is 0. The fourth-order valence-corrected chi connectivity index (χ4v) is 1.12. The molecule has 0 bridgehead atoms. The highest BCUT2D eigenvalue weighted by Gasteiger charge is 2.25. The molecule has 0 atom stereocenters. The number of ether oxygens (including phenoxy) is 1. The minimum atomic E-state index is -4.06. The van der Waals surface area contributed by atoms with Gasteiger partial charge in [-0.05, 0) is 26.3 Å². The van der Waals surface area contributed by atoms with Crippen LogP contribution in [0.15, 0.2) is 0 Å². The van der Waals surface area contributed by atoms with Crippen molar-refractivity contribution in [1.82, 2.24) is 5.32 Å². The molecule has 0 saturated carbocycles. The molecule has 0 radical (unpaired) electrons. The highest BCUT2D eigenvalue weighted by molar-refractivity contribution is 5.69. The van der Waals surface area contributed by atoms with E-state index >= 15 is 0 Å². The quantitative estimate of drug-likeness (QED) is 0.523. The van der Waals surface area contributed by atoms with Gasteiger partial charge in [-0.25, -0.2) is 0 Å². The van der Waals surface area contributed by atoms with Gasteiger partial charge in [-0.2, -0.15) is 13.2 Å². The predicted molar refractivity (Wildman–Crippen MR) is 54.0 cm³/mol. The van der Waals surface area contributed by atoms with Crippen LogP contribution in [-0.4, -0.2) is 31.8 Å². The summed E-state index contributed by atoms with van der Waals surface area (Å²) >= 11 is 0. The van der Waals surface area contributed by atoms with E-state index in [9.17, 15) is 18.0 Å². The number of hydrogen-bond acceptors (Lipinski definition) is 3. The molecule has 0 unspecified atom stereocenters. The highest BCUT2D eigenvalue weighted by atomic mass is 19.4. The van der Waals surface area contributed by atoms with Gasteiger partial charge < -0.3 is 10.1 Å². The van der Waals surface area contributed by atoms with E-state index in [-0.39, 0.29) is 18.8 Å². The van der Waals surface area contributed by atoms with Crippen LogP contribution in [0.5, 0.6) is 0 Å². The number of hydrogen-bond donors (Lipinski definition) is 1. The lowest BCUT2D eigenvalue weighted by atomic mass is 10.2. The van der Waals surface area contributed by atoms with Crippen LogP contribution in [0.1, 0.15) is 32.6 Å². The van der Waals surface area contributed by atoms with Crippen LogP contribution >= 0.6 is 0 Å². The van der Waals surface area contributed by atoms with Crippen molar-refractivity contribution in [1.29, 1.82) is 0 Å². The Labute approximate surface area is 93.3 Å². The topological polar surface area (TPSA) is 38.3 Å². The molecular formula is C10H18F3NO2. The molecule has 0 aliphatic heterocycles. The van der Waals surface area contributed by atoms with Gasteiger partial charge in [-0.1, -0.05) is 0 Å². The van der Waals surface area contributed by atoms with E-state index in [1.807, 2.05) is 0 Å². The van der Waals surface area contributed by atoms with Crippen LogP contribution in [0.2, 0.25) is 0 Å². The van der Waals surface area contributed by atoms with Crippen molar-refractivity contribution in [3.05, 3.63) is 0 Å². The summed E-state index contributed by atoms with van der Waals surface area (Å²) in [4.78, 5) is 10.9. The van der Waals surface area contributed by atoms with Crippen LogP contribution in [0.4, 0.5) is 13.2 Å². The molecule has 16 heavy (non-hydrogen) atoms. The zero-order valence-corrected chi connectivity index (χ0v) is 9.40. The maximum atomic E-state index is 11.7. The van der Waals surface area contributed by atoms with Gasteiger partial charge in [0.25, 0.3) is 0 Å². The average molecular weight is 241 g/mol. The van der Waals surface area contributed by atoms with Crippen molar-refractivity contribution in [2.45, 2.75) is 38.8 Å². The van der Waals surface area contributed by atoms with E-state index < -0.39 is 12.6 Å². The first-order valence-corrected chi connectivity index (χ1v) is 5.39. The van der Waals surface area contributed by atoms with Gasteiger partial charge in [0.1, 0.15) is 0 Å². The predicted octanol–water partition coefficient (Wildman–Crippen LogP) is 2.26. The molecule has 0 rings (SSSR count). The normalized spacial score (nSPS) is 11.5. The first kappa shape index (κ1) is 15.2. The van der Waals surface area contributed by atoms with E-state index in [0.29, 0.717) is 26.1 Å². The van der Waals surface area contributed by atoms with Crippen LogP contribution in [0.3, 0.4) is 0 Å². The summed E-state index contributed by atoms with van der Waals surface area (Å²) in [5.74, 6) is -0.287. The van der Waals surface area contributed by atoms with Crippen molar-refractivity contribution < 1.29 is 22.7 Å². The van der Waals surface area contributed by atoms with E-state index in [1.54, 1.807) is 6.92 Å². The second kappa shape index (κ2) is 8.38. The van der Waals surface area contributed by atoms with Gasteiger partial charge >= 0.3 is 12.1 Å². The molecule has 0 aliphatic carbocycles. The second-order valence-corrected chi connectivity index (χ2v) is 3.38. The summed E-state index contributed by atoms with van der Waals surface area (Å²) in [6.45, 7) is 3.02. The summed E-state index contributed by atoms with van der Waals surface area (Å²) in [6, 6.07) is 0. The van der Waals surface area contributed by atoms with Crippen LogP contribution in [0.25, 0.3) is 0 Å². The molecule has 1 N–H and O–H groups in total. The number of halogens is 3. The number of carbonyl (C=O) groups is 1. The maximum absolute atomic E-state index is 11.7. The lowest BCUT2D eigenvalue weighted by Gasteiger charge is -2.06. The Morgan fingerprint density at radius 2 is 1.94 bits per heavy atom. The molecule has 0 heterocycles. The third-order valence-electron chi connectivity index (χ3n) is 1.88. The summed E-state index contributed by atoms with van der Waals surface area (Å²) in [5, 5.41) is 2.89. The molecule has 0 aromatic rings. The molecule has 3 nitrogen and oxygen atoms in total. The fourth-order valence-electron chi connectivity index (χ4n) is 1.12. The molecule has 0 saturated heterocycles. The van der Waals surface area contributed by atoms with Crippen molar-refractivity contribution >= 4 is 5.97 Å². The molecular weight excluding hydrogens is 223 g/mol. The standard InChI is InChI=1S/C10H18F3NO2/c1-2-16-9(15)5-8-14-7-4-3-6-10(11,12)13/h14H,2-8H2,1H3. The number of alkyl halides is 3. The lowest BCUT2D eigenvalue weighted by Crippen LogP contribution is -2.20. The number of esters is 1. The fraction of sp³-hybridized carbons (Fsp3) is 0.900. The zero-order valence-electron chi connectivity index (χ0n) is 9.40. The Morgan fingerprint density at radius 3 is 2.50 bits per heavy atom. The third-order valence-corrected chi connectivity index (χ3v) is 1.88. The van der Waals surface area contributed by atoms with Crippen molar-refractivity contribution in [3.8, 4) is 0 Å². The molecule has 0 aromatic heterocycles. The Kier molecular flexibility index (Phi) is 7.97. The molecule has 0 spiro atoms. The monoisotopic (exact) mass is 241 g/mol. The SMILES string of the molecule is CCOC(=O)CCNCCCCC(F)(F)F. The van der Waals surface area contributed by atoms with Crippen LogP contribution < -0.4 is 5.32 Å². The van der Waals surface area contributed by atoms with Gasteiger partial charge in [0.15, 0.2) is 0 Å². The summed E-state index contributed by atoms with van der Waals surface area (Å²) in [6.07, 6.45) is -3.97. The van der Waals surface area contributed by atoms with Gasteiger partial charge in [-0.15, -0.1) is 0 Å². The first-order valence-electron chi connectivity index (χ1n) is 5.39. The minimum absolute atomic E-state index is 0.121. The first-order chi connectivity index (χ1) is 7.45. The number of carbonyl (C=O) groups excluding carboxylic acids is 1. The summed E-state index contributed by atoms with van der Waals surface area (Å²) < 4.78 is 39.9. The summed E-state index contributed by atoms with van der Waals surface area (Å²) in [7, 11) is 0. The average Bonchev–Trinajstić information content (AvgIpc) is 2.15. The molecule has 0 fully saturated rings. The highest BCUT2D eigenvalue weighted by Crippen LogP contribution is 2.21. The van der Waals surface area contributed by atoms with E-state index in [2.05, 4.69) is 10.1 Å². The maximum Gasteiger partial charge on any atom is 0.389 e. The van der Waals surface area contributed by atoms with Crippen LogP contribution in [-0.2, 0) is 9.53 Å². The lowest BCUT2D eigenvalue weighted by molar-refractivity contribution is -0.143. The largest absolute Gasteiger partial charge is 0.466 e. The third kappa shape index (κ3) is 11.3. The van der Waals surface area contributed by atoms with Gasteiger partial charge in [-0.3, -0.25) is 4.79 Å². The Hall–Kier alpha value is -0.780. The second-order valence-electron chi connectivity index (χ2n) is 3.38. The number of unbranched alkanes of at least 4 members (excludes halogenated alkanes) is 1. The molecule has 0 aliphatic rings. The van der Waals surface area contributed by atoms with Crippen LogP contribution in [0, 0.1) is 0 Å². The Bertz CT molecular complexity index is 195. The minimum Gasteiger partial charge on any atom is -0.466 e. The smallest absolute Gasteiger partial charge is 0.389 e. The number of rotatable bonds is 8. The molecule has 0 aromatic carbocycles. The van der Waals surface area contributed by atoms with Crippen molar-refractivity contribution in [3.63, 3.8) is 0 Å².